The van der Waals surface area contributed by atoms with Gasteiger partial charge in [0.2, 0.25) is 0 Å². The van der Waals surface area contributed by atoms with Crippen molar-refractivity contribution in [3.8, 4) is 10.6 Å². The van der Waals surface area contributed by atoms with Crippen molar-refractivity contribution in [2.75, 3.05) is 0 Å². The lowest BCUT2D eigenvalue weighted by molar-refractivity contribution is -0.137. The van der Waals surface area contributed by atoms with Gasteiger partial charge in [-0.1, -0.05) is 30.3 Å². The van der Waals surface area contributed by atoms with E-state index in [9.17, 15) is 22.8 Å². The highest BCUT2D eigenvalue weighted by molar-refractivity contribution is 7.13. The van der Waals surface area contributed by atoms with Crippen LogP contribution in [0.15, 0.2) is 53.9 Å². The van der Waals surface area contributed by atoms with Crippen molar-refractivity contribution in [1.82, 2.24) is 10.3 Å². The van der Waals surface area contributed by atoms with Crippen molar-refractivity contribution in [3.63, 3.8) is 0 Å². The molecular formula is C20H11F3N2O2S. The van der Waals surface area contributed by atoms with E-state index in [4.69, 9.17) is 0 Å². The van der Waals surface area contributed by atoms with Gasteiger partial charge in [-0.3, -0.25) is 14.9 Å². The highest BCUT2D eigenvalue weighted by Crippen LogP contribution is 2.32. The number of aromatic nitrogens is 1. The summed E-state index contributed by atoms with van der Waals surface area (Å²) >= 11 is 1.25. The molecule has 0 spiro atoms. The number of carbonyl (C=O) groups is 2. The second-order valence-electron chi connectivity index (χ2n) is 6.04. The fourth-order valence-electron chi connectivity index (χ4n) is 2.85. The fraction of sp³-hybridized carbons (Fsp3) is 0.0500. The number of nitrogens with one attached hydrogen (secondary N) is 1. The summed E-state index contributed by atoms with van der Waals surface area (Å²) in [6, 6.07) is 11.5. The van der Waals surface area contributed by atoms with Crippen molar-refractivity contribution in [2.24, 2.45) is 0 Å². The van der Waals surface area contributed by atoms with Crippen LogP contribution in [0.1, 0.15) is 27.2 Å². The maximum Gasteiger partial charge on any atom is 0.416 e. The summed E-state index contributed by atoms with van der Waals surface area (Å²) in [5.74, 6) is -0.978. The van der Waals surface area contributed by atoms with Gasteiger partial charge in [0.15, 0.2) is 0 Å². The van der Waals surface area contributed by atoms with Crippen LogP contribution in [0.4, 0.5) is 13.2 Å². The van der Waals surface area contributed by atoms with E-state index in [1.54, 1.807) is 35.7 Å². The molecule has 0 unspecified atom stereocenters. The van der Waals surface area contributed by atoms with Gasteiger partial charge >= 0.3 is 6.18 Å². The average molecular weight is 400 g/mol. The summed E-state index contributed by atoms with van der Waals surface area (Å²) in [5, 5.41) is 4.52. The van der Waals surface area contributed by atoms with Crippen LogP contribution in [0.25, 0.3) is 22.2 Å². The predicted molar refractivity (Wildman–Crippen MR) is 99.3 cm³/mol. The van der Waals surface area contributed by atoms with E-state index < -0.39 is 23.6 Å². The molecule has 0 radical (unpaired) electrons. The topological polar surface area (TPSA) is 59.1 Å². The number of imide groups is 1. The molecule has 3 aromatic rings. The SMILES string of the molecule is O=C1NC(=O)c2ccccc2C1=Cc1csc(-c2ccc(C(F)(F)F)cc2)n1. The monoisotopic (exact) mass is 400 g/mol. The molecule has 28 heavy (non-hydrogen) atoms. The average Bonchev–Trinajstić information content (AvgIpc) is 3.13. The fourth-order valence-corrected chi connectivity index (χ4v) is 3.64. The van der Waals surface area contributed by atoms with Gasteiger partial charge in [0.05, 0.1) is 11.3 Å². The summed E-state index contributed by atoms with van der Waals surface area (Å²) in [4.78, 5) is 28.6. The molecule has 2 amide bonds. The molecule has 1 aliphatic rings. The lowest BCUT2D eigenvalue weighted by Crippen LogP contribution is -2.36. The summed E-state index contributed by atoms with van der Waals surface area (Å²) in [7, 11) is 0. The van der Waals surface area contributed by atoms with Gasteiger partial charge < -0.3 is 0 Å². The molecule has 0 saturated heterocycles. The number of amides is 2. The number of hydrogen-bond acceptors (Lipinski definition) is 4. The van der Waals surface area contributed by atoms with E-state index >= 15 is 0 Å². The van der Waals surface area contributed by atoms with Gasteiger partial charge in [-0.15, -0.1) is 11.3 Å². The van der Waals surface area contributed by atoms with Gasteiger partial charge in [-0.05, 0) is 24.3 Å². The van der Waals surface area contributed by atoms with Crippen molar-refractivity contribution in [3.05, 3.63) is 76.3 Å². The number of rotatable bonds is 2. The zero-order chi connectivity index (χ0) is 19.9. The third-order valence-corrected chi connectivity index (χ3v) is 5.12. The largest absolute Gasteiger partial charge is 0.416 e. The molecule has 140 valence electrons. The Labute approximate surface area is 161 Å². The smallest absolute Gasteiger partial charge is 0.288 e. The third-order valence-electron chi connectivity index (χ3n) is 4.21. The Morgan fingerprint density at radius 1 is 0.929 bits per heavy atom. The van der Waals surface area contributed by atoms with E-state index in [1.807, 2.05) is 0 Å². The number of halogens is 3. The number of nitrogens with zero attached hydrogens (tertiary/aromatic N) is 1. The van der Waals surface area contributed by atoms with Crippen molar-refractivity contribution < 1.29 is 22.8 Å². The minimum atomic E-state index is -4.39. The van der Waals surface area contributed by atoms with Gasteiger partial charge in [0, 0.05) is 27.6 Å². The molecule has 0 fully saturated rings. The van der Waals surface area contributed by atoms with Crippen molar-refractivity contribution in [1.29, 1.82) is 0 Å². The van der Waals surface area contributed by atoms with E-state index in [0.29, 0.717) is 33.0 Å². The molecule has 0 saturated carbocycles. The maximum absolute atomic E-state index is 12.7. The first-order chi connectivity index (χ1) is 13.3. The normalized spacial score (nSPS) is 15.5. The first-order valence-corrected chi connectivity index (χ1v) is 9.01. The van der Waals surface area contributed by atoms with Crippen LogP contribution in [-0.4, -0.2) is 16.8 Å². The Morgan fingerprint density at radius 3 is 2.29 bits per heavy atom. The number of benzene rings is 2. The van der Waals surface area contributed by atoms with Gasteiger partial charge in [-0.2, -0.15) is 13.2 Å². The van der Waals surface area contributed by atoms with Crippen LogP contribution in [0, 0.1) is 0 Å². The molecule has 2 heterocycles. The maximum atomic E-state index is 12.7. The van der Waals surface area contributed by atoms with E-state index in [1.165, 1.54) is 23.5 Å². The number of fused-ring (bicyclic) bond motifs is 1. The van der Waals surface area contributed by atoms with E-state index in [0.717, 1.165) is 12.1 Å². The van der Waals surface area contributed by atoms with Crippen molar-refractivity contribution >= 4 is 34.8 Å². The molecule has 8 heteroatoms. The number of alkyl halides is 3. The number of hydrogen-bond donors (Lipinski definition) is 1. The molecule has 1 aliphatic heterocycles. The quantitative estimate of drug-likeness (QED) is 0.504. The van der Waals surface area contributed by atoms with Crippen LogP contribution in [0.3, 0.4) is 0 Å². The van der Waals surface area contributed by atoms with Crippen molar-refractivity contribution in [2.45, 2.75) is 6.18 Å². The molecule has 0 aliphatic carbocycles. The Balaban J connectivity index is 1.68. The molecule has 4 rings (SSSR count). The van der Waals surface area contributed by atoms with Crippen LogP contribution >= 0.6 is 11.3 Å². The first kappa shape index (κ1) is 18.1. The Kier molecular flexibility index (Phi) is 4.35. The second kappa shape index (κ2) is 6.72. The lowest BCUT2D eigenvalue weighted by atomic mass is 9.94. The molecular weight excluding hydrogens is 389 g/mol. The first-order valence-electron chi connectivity index (χ1n) is 8.13. The van der Waals surface area contributed by atoms with Gasteiger partial charge in [0.1, 0.15) is 5.01 Å². The standard InChI is InChI=1S/C20H11F3N2O2S/c21-20(22,23)12-7-5-11(6-8-12)19-24-13(10-28-19)9-16-14-3-1-2-4-15(14)17(26)25-18(16)27/h1-10H,(H,25,26,27). The zero-order valence-corrected chi connectivity index (χ0v) is 14.9. The van der Waals surface area contributed by atoms with E-state index in [-0.39, 0.29) is 0 Å². The highest BCUT2D eigenvalue weighted by atomic mass is 32.1. The summed E-state index contributed by atoms with van der Waals surface area (Å²) in [6.07, 6.45) is -2.83. The Morgan fingerprint density at radius 2 is 1.61 bits per heavy atom. The molecule has 1 aromatic heterocycles. The Hall–Kier alpha value is -3.26. The minimum absolute atomic E-state index is 0.305. The van der Waals surface area contributed by atoms with Gasteiger partial charge in [-0.25, -0.2) is 4.98 Å². The minimum Gasteiger partial charge on any atom is -0.288 e. The van der Waals surface area contributed by atoms with Crippen LogP contribution < -0.4 is 5.32 Å². The molecule has 1 N–H and O–H groups in total. The number of thiazole rings is 1. The summed E-state index contributed by atoms with van der Waals surface area (Å²) < 4.78 is 38.1. The molecule has 0 atom stereocenters. The van der Waals surface area contributed by atoms with Crippen LogP contribution in [0.2, 0.25) is 0 Å². The summed E-state index contributed by atoms with van der Waals surface area (Å²) in [6.45, 7) is 0. The predicted octanol–water partition coefficient (Wildman–Crippen LogP) is 4.64. The van der Waals surface area contributed by atoms with E-state index in [2.05, 4.69) is 10.3 Å². The highest BCUT2D eigenvalue weighted by Gasteiger charge is 2.30. The molecule has 2 aromatic carbocycles. The lowest BCUT2D eigenvalue weighted by Gasteiger charge is -2.17. The molecule has 4 nitrogen and oxygen atoms in total. The second-order valence-corrected chi connectivity index (χ2v) is 6.90. The van der Waals surface area contributed by atoms with Crippen LogP contribution in [0.5, 0.6) is 0 Å². The van der Waals surface area contributed by atoms with Crippen LogP contribution in [-0.2, 0) is 11.0 Å². The number of carbonyl (C=O) groups excluding carboxylic acids is 2. The summed E-state index contributed by atoms with van der Waals surface area (Å²) in [5.41, 5.74) is 1.52. The third kappa shape index (κ3) is 3.34. The Bertz CT molecular complexity index is 1110. The van der Waals surface area contributed by atoms with Gasteiger partial charge in [0.25, 0.3) is 11.8 Å². The zero-order valence-electron chi connectivity index (χ0n) is 14.1. The molecule has 0 bridgehead atoms.